The Labute approximate surface area is 176 Å². The molecule has 0 saturated heterocycles. The molecule has 0 bridgehead atoms. The van der Waals surface area contributed by atoms with E-state index >= 15 is 0 Å². The molecule has 2 aromatic carbocycles. The molecule has 0 fully saturated rings. The third kappa shape index (κ3) is 5.18. The molecule has 31 heavy (non-hydrogen) atoms. The van der Waals surface area contributed by atoms with Gasteiger partial charge < -0.3 is 9.30 Å². The van der Waals surface area contributed by atoms with Gasteiger partial charge in [0.2, 0.25) is 0 Å². The van der Waals surface area contributed by atoms with Crippen molar-refractivity contribution in [2.45, 2.75) is 19.9 Å². The number of nitro groups is 2. The molecule has 0 radical (unpaired) electrons. The van der Waals surface area contributed by atoms with Crippen LogP contribution in [0.25, 0.3) is 11.8 Å². The Hall–Kier alpha value is -4.34. The first kappa shape index (κ1) is 21.4. The summed E-state index contributed by atoms with van der Waals surface area (Å²) in [7, 11) is 0. The molecule has 158 valence electrons. The van der Waals surface area contributed by atoms with E-state index in [0.717, 1.165) is 6.42 Å². The highest BCUT2D eigenvalue weighted by molar-refractivity contribution is 5.95. The molecule has 3 aromatic rings. The van der Waals surface area contributed by atoms with Crippen molar-refractivity contribution in [2.75, 3.05) is 0 Å². The van der Waals surface area contributed by atoms with Crippen molar-refractivity contribution in [1.29, 1.82) is 0 Å². The van der Waals surface area contributed by atoms with E-state index in [9.17, 15) is 25.0 Å². The van der Waals surface area contributed by atoms with Gasteiger partial charge in [-0.3, -0.25) is 20.2 Å². The van der Waals surface area contributed by atoms with Crippen molar-refractivity contribution < 1.29 is 19.4 Å². The Morgan fingerprint density at radius 3 is 2.06 bits per heavy atom. The third-order valence-electron chi connectivity index (χ3n) is 4.35. The Balaban J connectivity index is 1.95. The molecule has 0 N–H and O–H groups in total. The number of hydrogen-bond donors (Lipinski definition) is 0. The lowest BCUT2D eigenvalue weighted by Crippen LogP contribution is -2.06. The molecule has 10 nitrogen and oxygen atoms in total. The van der Waals surface area contributed by atoms with Crippen LogP contribution in [0.5, 0.6) is 0 Å². The summed E-state index contributed by atoms with van der Waals surface area (Å²) in [4.78, 5) is 37.6. The van der Waals surface area contributed by atoms with E-state index in [1.54, 1.807) is 18.5 Å². The predicted molar refractivity (Wildman–Crippen MR) is 112 cm³/mol. The molecule has 0 unspecified atom stereocenters. The maximum Gasteiger partial charge on any atom is 0.343 e. The first-order valence-corrected chi connectivity index (χ1v) is 9.33. The van der Waals surface area contributed by atoms with E-state index in [4.69, 9.17) is 4.74 Å². The molecule has 1 aromatic heterocycles. The van der Waals surface area contributed by atoms with Crippen molar-refractivity contribution in [3.63, 3.8) is 0 Å². The monoisotopic (exact) mass is 422 g/mol. The quantitative estimate of drug-likeness (QED) is 0.227. The summed E-state index contributed by atoms with van der Waals surface area (Å²) in [5.41, 5.74) is 0.309. The van der Waals surface area contributed by atoms with Gasteiger partial charge in [0.15, 0.2) is 0 Å². The summed E-state index contributed by atoms with van der Waals surface area (Å²) in [5, 5.41) is 21.7. The summed E-state index contributed by atoms with van der Waals surface area (Å²) in [6, 6.07) is 10.6. The van der Waals surface area contributed by atoms with Crippen LogP contribution in [0.1, 0.15) is 35.1 Å². The SMILES string of the molecule is CCCn1ccnc1/C=C(\OC(=O)c1ccc([N+](=O)[O-])cc1)c1ccc([N+](=O)[O-])cc1. The van der Waals surface area contributed by atoms with E-state index in [1.165, 1.54) is 48.5 Å². The van der Waals surface area contributed by atoms with Gasteiger partial charge in [-0.15, -0.1) is 0 Å². The lowest BCUT2D eigenvalue weighted by atomic mass is 10.1. The fourth-order valence-electron chi connectivity index (χ4n) is 2.81. The molecule has 0 atom stereocenters. The van der Waals surface area contributed by atoms with Crippen LogP contribution in [0.15, 0.2) is 60.9 Å². The van der Waals surface area contributed by atoms with Gasteiger partial charge in [0.05, 0.1) is 15.4 Å². The molecular weight excluding hydrogens is 404 g/mol. The highest BCUT2D eigenvalue weighted by atomic mass is 16.6. The number of esters is 1. The average molecular weight is 422 g/mol. The largest absolute Gasteiger partial charge is 0.422 e. The molecule has 0 aliphatic rings. The van der Waals surface area contributed by atoms with Gasteiger partial charge in [0.25, 0.3) is 11.4 Å². The van der Waals surface area contributed by atoms with Gasteiger partial charge in [-0.25, -0.2) is 9.78 Å². The lowest BCUT2D eigenvalue weighted by molar-refractivity contribution is -0.385. The fourth-order valence-corrected chi connectivity index (χ4v) is 2.81. The van der Waals surface area contributed by atoms with Gasteiger partial charge in [-0.2, -0.15) is 0 Å². The van der Waals surface area contributed by atoms with E-state index in [-0.39, 0.29) is 22.7 Å². The maximum atomic E-state index is 12.7. The zero-order valence-electron chi connectivity index (χ0n) is 16.5. The first-order chi connectivity index (χ1) is 14.9. The number of hydrogen-bond acceptors (Lipinski definition) is 7. The third-order valence-corrected chi connectivity index (χ3v) is 4.35. The number of rotatable bonds is 8. The Morgan fingerprint density at radius 1 is 1.00 bits per heavy atom. The number of ether oxygens (including phenoxy) is 1. The summed E-state index contributed by atoms with van der Waals surface area (Å²) in [6.07, 6.45) is 5.85. The van der Waals surface area contributed by atoms with Crippen LogP contribution in [-0.2, 0) is 11.3 Å². The van der Waals surface area contributed by atoms with Crippen LogP contribution in [0, 0.1) is 20.2 Å². The number of aryl methyl sites for hydroxylation is 1. The van der Waals surface area contributed by atoms with E-state index in [2.05, 4.69) is 4.98 Å². The zero-order valence-corrected chi connectivity index (χ0v) is 16.5. The Morgan fingerprint density at radius 2 is 1.55 bits per heavy atom. The minimum Gasteiger partial charge on any atom is -0.422 e. The average Bonchev–Trinajstić information content (AvgIpc) is 3.20. The summed E-state index contributed by atoms with van der Waals surface area (Å²) >= 11 is 0. The second kappa shape index (κ2) is 9.44. The predicted octanol–water partition coefficient (Wildman–Crippen LogP) is 4.46. The van der Waals surface area contributed by atoms with Gasteiger partial charge in [-0.05, 0) is 30.7 Å². The molecule has 0 amide bonds. The normalized spacial score (nSPS) is 11.2. The van der Waals surface area contributed by atoms with Crippen molar-refractivity contribution in [3.05, 3.63) is 98.1 Å². The Kier molecular flexibility index (Phi) is 6.51. The number of carbonyl (C=O) groups excluding carboxylic acids is 1. The van der Waals surface area contributed by atoms with Crippen molar-refractivity contribution in [3.8, 4) is 0 Å². The molecule has 0 aliphatic carbocycles. The number of carbonyl (C=O) groups is 1. The van der Waals surface area contributed by atoms with Crippen molar-refractivity contribution >= 4 is 29.2 Å². The van der Waals surface area contributed by atoms with Gasteiger partial charge >= 0.3 is 5.97 Å². The smallest absolute Gasteiger partial charge is 0.343 e. The zero-order chi connectivity index (χ0) is 22.4. The fraction of sp³-hybridized carbons (Fsp3) is 0.143. The number of aromatic nitrogens is 2. The number of non-ortho nitro benzene ring substituents is 2. The van der Waals surface area contributed by atoms with Crippen molar-refractivity contribution in [2.24, 2.45) is 0 Å². The van der Waals surface area contributed by atoms with Crippen LogP contribution < -0.4 is 0 Å². The highest BCUT2D eigenvalue weighted by Crippen LogP contribution is 2.24. The second-order valence-corrected chi connectivity index (χ2v) is 6.48. The molecule has 10 heteroatoms. The summed E-state index contributed by atoms with van der Waals surface area (Å²) < 4.78 is 7.44. The molecule has 1 heterocycles. The van der Waals surface area contributed by atoms with Crippen LogP contribution >= 0.6 is 0 Å². The summed E-state index contributed by atoms with van der Waals surface area (Å²) in [5.74, 6) is -0.0402. The standard InChI is InChI=1S/C21H18N4O6/c1-2-12-23-13-11-22-20(23)14-19(15-3-7-17(8-4-15)24(27)28)31-21(26)16-5-9-18(10-6-16)25(29)30/h3-11,13-14H,2,12H2,1H3/b19-14-. The number of nitrogens with zero attached hydrogens (tertiary/aromatic N) is 4. The van der Waals surface area contributed by atoms with E-state index in [0.29, 0.717) is 17.9 Å². The maximum absolute atomic E-state index is 12.7. The minimum atomic E-state index is -0.729. The number of imidazole rings is 1. The van der Waals surface area contributed by atoms with Crippen molar-refractivity contribution in [1.82, 2.24) is 9.55 Å². The first-order valence-electron chi connectivity index (χ1n) is 9.33. The van der Waals surface area contributed by atoms with Crippen LogP contribution in [0.2, 0.25) is 0 Å². The topological polar surface area (TPSA) is 130 Å². The van der Waals surface area contributed by atoms with Crippen LogP contribution in [-0.4, -0.2) is 25.4 Å². The highest BCUT2D eigenvalue weighted by Gasteiger charge is 2.16. The van der Waals surface area contributed by atoms with Crippen LogP contribution in [0.4, 0.5) is 11.4 Å². The van der Waals surface area contributed by atoms with Gasteiger partial charge in [0, 0.05) is 54.8 Å². The Bertz CT molecular complexity index is 1130. The molecular formula is C21H18N4O6. The van der Waals surface area contributed by atoms with Crippen LogP contribution in [0.3, 0.4) is 0 Å². The van der Waals surface area contributed by atoms with Gasteiger partial charge in [0.1, 0.15) is 11.6 Å². The minimum absolute atomic E-state index is 0.0997. The molecule has 0 spiro atoms. The lowest BCUT2D eigenvalue weighted by Gasteiger charge is -2.10. The van der Waals surface area contributed by atoms with E-state index in [1.807, 2.05) is 11.5 Å². The number of benzene rings is 2. The van der Waals surface area contributed by atoms with Gasteiger partial charge in [-0.1, -0.05) is 6.92 Å². The number of nitro benzene ring substituents is 2. The second-order valence-electron chi connectivity index (χ2n) is 6.48. The van der Waals surface area contributed by atoms with E-state index < -0.39 is 15.8 Å². The molecule has 0 saturated carbocycles. The molecule has 0 aliphatic heterocycles. The summed E-state index contributed by atoms with van der Waals surface area (Å²) in [6.45, 7) is 2.72. The molecule has 3 rings (SSSR count).